The van der Waals surface area contributed by atoms with Crippen molar-refractivity contribution in [3.05, 3.63) is 0 Å². The van der Waals surface area contributed by atoms with Crippen molar-refractivity contribution in [1.29, 1.82) is 5.26 Å². The molecule has 0 radical (unpaired) electrons. The second-order valence-electron chi connectivity index (χ2n) is 5.52. The molecule has 1 unspecified atom stereocenters. The molecule has 1 aliphatic rings. The number of hydrogen-bond donors (Lipinski definition) is 1. The fourth-order valence-electron chi connectivity index (χ4n) is 2.53. The molecule has 0 amide bonds. The summed E-state index contributed by atoms with van der Waals surface area (Å²) in [7, 11) is 1.91. The molecule has 3 heteroatoms. The van der Waals surface area contributed by atoms with Crippen LogP contribution in [0.25, 0.3) is 0 Å². The molecule has 0 aromatic rings. The molecule has 3 nitrogen and oxygen atoms in total. The van der Waals surface area contributed by atoms with Gasteiger partial charge in [-0.3, -0.25) is 0 Å². The minimum Gasteiger partial charge on any atom is -0.302 e. The van der Waals surface area contributed by atoms with Crippen LogP contribution in [0.2, 0.25) is 0 Å². The second kappa shape index (κ2) is 7.76. The van der Waals surface area contributed by atoms with Gasteiger partial charge < -0.3 is 10.2 Å². The van der Waals surface area contributed by atoms with Gasteiger partial charge in [0.1, 0.15) is 5.54 Å². The smallest absolute Gasteiger partial charge is 0.106 e. The summed E-state index contributed by atoms with van der Waals surface area (Å²) in [6, 6.07) is 3.30. The molecule has 0 aliphatic heterocycles. The Bertz CT molecular complexity index is 261. The number of unbranched alkanes of at least 4 members (excludes halogenated alkanes) is 1. The standard InChI is InChI=1S/C15H29N3/c1-4-6-11-18(14-8-9-14)12-7-10-15(5-2,13-16)17-3/h14,17H,4-12H2,1-3H3. The van der Waals surface area contributed by atoms with Gasteiger partial charge in [0.15, 0.2) is 0 Å². The Morgan fingerprint density at radius 1 is 1.28 bits per heavy atom. The zero-order valence-corrected chi connectivity index (χ0v) is 12.3. The van der Waals surface area contributed by atoms with Crippen molar-refractivity contribution in [2.24, 2.45) is 0 Å². The van der Waals surface area contributed by atoms with Crippen LogP contribution in [-0.2, 0) is 0 Å². The first-order chi connectivity index (χ1) is 8.71. The Labute approximate surface area is 113 Å². The molecule has 104 valence electrons. The van der Waals surface area contributed by atoms with Crippen molar-refractivity contribution < 1.29 is 0 Å². The molecular formula is C15H29N3. The first kappa shape index (κ1) is 15.5. The monoisotopic (exact) mass is 251 g/mol. The summed E-state index contributed by atoms with van der Waals surface area (Å²) in [4.78, 5) is 2.64. The van der Waals surface area contributed by atoms with Crippen LogP contribution in [0.1, 0.15) is 58.8 Å². The minimum atomic E-state index is -0.306. The fourth-order valence-corrected chi connectivity index (χ4v) is 2.53. The van der Waals surface area contributed by atoms with E-state index in [9.17, 15) is 5.26 Å². The summed E-state index contributed by atoms with van der Waals surface area (Å²) in [5.74, 6) is 0. The summed E-state index contributed by atoms with van der Waals surface area (Å²) < 4.78 is 0. The molecule has 1 fully saturated rings. The normalized spacial score (nSPS) is 18.6. The third-order valence-corrected chi connectivity index (χ3v) is 4.21. The van der Waals surface area contributed by atoms with E-state index in [1.807, 2.05) is 7.05 Å². The van der Waals surface area contributed by atoms with Crippen LogP contribution < -0.4 is 5.32 Å². The number of nitriles is 1. The highest BCUT2D eigenvalue weighted by Gasteiger charge is 2.29. The third kappa shape index (κ3) is 4.59. The molecule has 0 saturated heterocycles. The van der Waals surface area contributed by atoms with Gasteiger partial charge in [-0.1, -0.05) is 20.3 Å². The number of rotatable bonds is 10. The van der Waals surface area contributed by atoms with Crippen LogP contribution in [0.4, 0.5) is 0 Å². The molecule has 0 heterocycles. The molecule has 1 N–H and O–H groups in total. The lowest BCUT2D eigenvalue weighted by molar-refractivity contribution is 0.242. The highest BCUT2D eigenvalue weighted by Crippen LogP contribution is 2.28. The lowest BCUT2D eigenvalue weighted by Crippen LogP contribution is -2.41. The molecular weight excluding hydrogens is 222 g/mol. The van der Waals surface area contributed by atoms with Gasteiger partial charge in [-0.05, 0) is 58.7 Å². The maximum absolute atomic E-state index is 9.28. The number of nitrogens with one attached hydrogen (secondary N) is 1. The van der Waals surface area contributed by atoms with E-state index >= 15 is 0 Å². The van der Waals surface area contributed by atoms with E-state index in [4.69, 9.17) is 0 Å². The van der Waals surface area contributed by atoms with Gasteiger partial charge in [0.25, 0.3) is 0 Å². The van der Waals surface area contributed by atoms with E-state index in [0.717, 1.165) is 31.8 Å². The van der Waals surface area contributed by atoms with Gasteiger partial charge in [0.05, 0.1) is 6.07 Å². The topological polar surface area (TPSA) is 39.1 Å². The molecule has 1 rings (SSSR count). The third-order valence-electron chi connectivity index (χ3n) is 4.21. The average molecular weight is 251 g/mol. The van der Waals surface area contributed by atoms with Crippen LogP contribution in [-0.4, -0.2) is 36.6 Å². The summed E-state index contributed by atoms with van der Waals surface area (Å²) >= 11 is 0. The predicted octanol–water partition coefficient (Wildman–Crippen LogP) is 2.92. The predicted molar refractivity (Wildman–Crippen MR) is 76.4 cm³/mol. The van der Waals surface area contributed by atoms with Gasteiger partial charge in [-0.25, -0.2) is 0 Å². The Morgan fingerprint density at radius 3 is 2.39 bits per heavy atom. The van der Waals surface area contributed by atoms with E-state index in [1.165, 1.54) is 32.2 Å². The Hall–Kier alpha value is -0.590. The van der Waals surface area contributed by atoms with E-state index in [2.05, 4.69) is 30.1 Å². The first-order valence-electron chi connectivity index (χ1n) is 7.55. The Balaban J connectivity index is 2.31. The summed E-state index contributed by atoms with van der Waals surface area (Å²) in [6.07, 6.45) is 8.32. The zero-order chi connectivity index (χ0) is 13.4. The lowest BCUT2D eigenvalue weighted by Gasteiger charge is -2.27. The van der Waals surface area contributed by atoms with Gasteiger partial charge in [0.2, 0.25) is 0 Å². The SMILES string of the molecule is CCCCN(CCCC(C#N)(CC)NC)C1CC1. The summed E-state index contributed by atoms with van der Waals surface area (Å²) in [6.45, 7) is 6.75. The summed E-state index contributed by atoms with van der Waals surface area (Å²) in [5, 5.41) is 12.5. The highest BCUT2D eigenvalue weighted by molar-refractivity contribution is 5.05. The van der Waals surface area contributed by atoms with Crippen LogP contribution in [0.15, 0.2) is 0 Å². The second-order valence-corrected chi connectivity index (χ2v) is 5.52. The quantitative estimate of drug-likeness (QED) is 0.649. The van der Waals surface area contributed by atoms with Crippen molar-refractivity contribution in [3.8, 4) is 6.07 Å². The Morgan fingerprint density at radius 2 is 1.94 bits per heavy atom. The zero-order valence-electron chi connectivity index (χ0n) is 12.3. The van der Waals surface area contributed by atoms with E-state index in [0.29, 0.717) is 0 Å². The van der Waals surface area contributed by atoms with E-state index in [1.54, 1.807) is 0 Å². The van der Waals surface area contributed by atoms with Crippen molar-refractivity contribution >= 4 is 0 Å². The largest absolute Gasteiger partial charge is 0.302 e. The van der Waals surface area contributed by atoms with E-state index in [-0.39, 0.29) is 5.54 Å². The van der Waals surface area contributed by atoms with Crippen LogP contribution >= 0.6 is 0 Å². The van der Waals surface area contributed by atoms with Crippen molar-refractivity contribution in [1.82, 2.24) is 10.2 Å². The molecule has 0 bridgehead atoms. The van der Waals surface area contributed by atoms with Crippen molar-refractivity contribution in [2.75, 3.05) is 20.1 Å². The molecule has 1 atom stereocenters. The number of nitrogens with zero attached hydrogens (tertiary/aromatic N) is 2. The lowest BCUT2D eigenvalue weighted by atomic mass is 9.92. The van der Waals surface area contributed by atoms with Gasteiger partial charge in [-0.15, -0.1) is 0 Å². The molecule has 18 heavy (non-hydrogen) atoms. The van der Waals surface area contributed by atoms with Gasteiger partial charge >= 0.3 is 0 Å². The molecule has 1 aliphatic carbocycles. The summed E-state index contributed by atoms with van der Waals surface area (Å²) in [5.41, 5.74) is -0.306. The van der Waals surface area contributed by atoms with Gasteiger partial charge in [-0.2, -0.15) is 5.26 Å². The van der Waals surface area contributed by atoms with Crippen molar-refractivity contribution in [3.63, 3.8) is 0 Å². The highest BCUT2D eigenvalue weighted by atomic mass is 15.2. The van der Waals surface area contributed by atoms with E-state index < -0.39 is 0 Å². The molecule has 0 spiro atoms. The molecule has 1 saturated carbocycles. The van der Waals surface area contributed by atoms with Crippen LogP contribution in [0.5, 0.6) is 0 Å². The maximum atomic E-state index is 9.28. The van der Waals surface area contributed by atoms with Crippen LogP contribution in [0.3, 0.4) is 0 Å². The van der Waals surface area contributed by atoms with Crippen molar-refractivity contribution in [2.45, 2.75) is 70.4 Å². The maximum Gasteiger partial charge on any atom is 0.106 e. The fraction of sp³-hybridized carbons (Fsp3) is 0.933. The molecule has 0 aromatic heterocycles. The average Bonchev–Trinajstić information content (AvgIpc) is 3.23. The number of hydrogen-bond acceptors (Lipinski definition) is 3. The molecule has 0 aromatic carbocycles. The first-order valence-corrected chi connectivity index (χ1v) is 7.55. The Kier molecular flexibility index (Phi) is 6.67. The minimum absolute atomic E-state index is 0.306. The van der Waals surface area contributed by atoms with Crippen LogP contribution in [0, 0.1) is 11.3 Å². The van der Waals surface area contributed by atoms with Gasteiger partial charge in [0, 0.05) is 6.04 Å².